The molecule has 1 aliphatic rings. The second-order valence-corrected chi connectivity index (χ2v) is 5.55. The molecule has 2 heterocycles. The van der Waals surface area contributed by atoms with Crippen LogP contribution in [0, 0.1) is 0 Å². The van der Waals surface area contributed by atoms with E-state index in [0.29, 0.717) is 24.4 Å². The Balaban J connectivity index is 1.80. The summed E-state index contributed by atoms with van der Waals surface area (Å²) >= 11 is 0. The molecule has 1 fully saturated rings. The van der Waals surface area contributed by atoms with Gasteiger partial charge in [0.25, 0.3) is 5.91 Å². The number of carbonyl (C=O) groups is 1. The molecular weight excluding hydrogens is 282 g/mol. The summed E-state index contributed by atoms with van der Waals surface area (Å²) < 4.78 is 11.1. The SMILES string of the molecule is CCc1nc2cc(NC(=O)C3(OC)CCNCC3)ccc2o1. The molecule has 1 amide bonds. The van der Waals surface area contributed by atoms with Crippen molar-refractivity contribution in [3.8, 4) is 0 Å². The Labute approximate surface area is 129 Å². The number of amides is 1. The van der Waals surface area contributed by atoms with Crippen LogP contribution in [0.25, 0.3) is 11.1 Å². The van der Waals surface area contributed by atoms with Crippen molar-refractivity contribution in [1.82, 2.24) is 10.3 Å². The molecule has 0 unspecified atom stereocenters. The highest BCUT2D eigenvalue weighted by Crippen LogP contribution is 2.26. The average molecular weight is 303 g/mol. The number of anilines is 1. The van der Waals surface area contributed by atoms with Crippen LogP contribution in [0.3, 0.4) is 0 Å². The van der Waals surface area contributed by atoms with Crippen LogP contribution in [0.15, 0.2) is 22.6 Å². The summed E-state index contributed by atoms with van der Waals surface area (Å²) in [6.07, 6.45) is 2.08. The Morgan fingerprint density at radius 3 is 2.91 bits per heavy atom. The number of aryl methyl sites for hydroxylation is 1. The van der Waals surface area contributed by atoms with Crippen LogP contribution in [0.1, 0.15) is 25.7 Å². The van der Waals surface area contributed by atoms with Crippen molar-refractivity contribution in [2.45, 2.75) is 31.8 Å². The lowest BCUT2D eigenvalue weighted by molar-refractivity contribution is -0.140. The smallest absolute Gasteiger partial charge is 0.256 e. The van der Waals surface area contributed by atoms with Crippen molar-refractivity contribution >= 4 is 22.7 Å². The van der Waals surface area contributed by atoms with Crippen molar-refractivity contribution in [3.63, 3.8) is 0 Å². The molecule has 2 N–H and O–H groups in total. The molecule has 1 aliphatic heterocycles. The van der Waals surface area contributed by atoms with E-state index < -0.39 is 5.60 Å². The Morgan fingerprint density at radius 2 is 2.23 bits per heavy atom. The van der Waals surface area contributed by atoms with Gasteiger partial charge in [-0.2, -0.15) is 0 Å². The quantitative estimate of drug-likeness (QED) is 0.904. The van der Waals surface area contributed by atoms with E-state index in [-0.39, 0.29) is 5.91 Å². The van der Waals surface area contributed by atoms with E-state index >= 15 is 0 Å². The van der Waals surface area contributed by atoms with Gasteiger partial charge in [-0.1, -0.05) is 6.92 Å². The van der Waals surface area contributed by atoms with E-state index in [9.17, 15) is 4.79 Å². The zero-order chi connectivity index (χ0) is 15.6. The number of fused-ring (bicyclic) bond motifs is 1. The predicted molar refractivity (Wildman–Crippen MR) is 83.9 cm³/mol. The number of ether oxygens (including phenoxy) is 1. The Morgan fingerprint density at radius 1 is 1.45 bits per heavy atom. The molecule has 0 aliphatic carbocycles. The minimum Gasteiger partial charge on any atom is -0.441 e. The van der Waals surface area contributed by atoms with Crippen molar-refractivity contribution in [2.24, 2.45) is 0 Å². The highest BCUT2D eigenvalue weighted by molar-refractivity contribution is 5.98. The number of benzene rings is 1. The minimum atomic E-state index is -0.751. The fraction of sp³-hybridized carbons (Fsp3) is 0.500. The Kier molecular flexibility index (Phi) is 4.13. The molecule has 0 atom stereocenters. The molecule has 2 aromatic rings. The number of rotatable bonds is 4. The number of carbonyl (C=O) groups excluding carboxylic acids is 1. The van der Waals surface area contributed by atoms with Crippen molar-refractivity contribution < 1.29 is 13.9 Å². The molecule has 6 heteroatoms. The van der Waals surface area contributed by atoms with E-state index in [1.165, 1.54) is 0 Å². The molecule has 1 aromatic carbocycles. The summed E-state index contributed by atoms with van der Waals surface area (Å²) in [6.45, 7) is 3.56. The standard InChI is InChI=1S/C16H21N3O3/c1-3-14-19-12-10-11(4-5-13(12)22-14)18-15(20)16(21-2)6-8-17-9-7-16/h4-5,10,17H,3,6-9H2,1-2H3,(H,18,20). The summed E-state index contributed by atoms with van der Waals surface area (Å²) in [7, 11) is 1.60. The van der Waals surface area contributed by atoms with Gasteiger partial charge in [-0.15, -0.1) is 0 Å². The monoisotopic (exact) mass is 303 g/mol. The maximum Gasteiger partial charge on any atom is 0.256 e. The summed E-state index contributed by atoms with van der Waals surface area (Å²) in [5.41, 5.74) is 1.45. The average Bonchev–Trinajstić information content (AvgIpc) is 2.97. The second-order valence-electron chi connectivity index (χ2n) is 5.55. The lowest BCUT2D eigenvalue weighted by Crippen LogP contribution is -2.51. The fourth-order valence-electron chi connectivity index (χ4n) is 2.80. The van der Waals surface area contributed by atoms with Gasteiger partial charge < -0.3 is 19.8 Å². The van der Waals surface area contributed by atoms with E-state index in [4.69, 9.17) is 9.15 Å². The first-order valence-corrected chi connectivity index (χ1v) is 7.63. The van der Waals surface area contributed by atoms with Crippen LogP contribution in [0.5, 0.6) is 0 Å². The summed E-state index contributed by atoms with van der Waals surface area (Å²) in [5.74, 6) is 0.597. The van der Waals surface area contributed by atoms with E-state index in [1.54, 1.807) is 7.11 Å². The summed E-state index contributed by atoms with van der Waals surface area (Å²) in [5, 5.41) is 6.19. The number of methoxy groups -OCH3 is 1. The third-order valence-electron chi connectivity index (χ3n) is 4.21. The van der Waals surface area contributed by atoms with Gasteiger partial charge in [0.2, 0.25) is 0 Å². The highest BCUT2D eigenvalue weighted by Gasteiger charge is 2.39. The number of hydrogen-bond donors (Lipinski definition) is 2. The van der Waals surface area contributed by atoms with Crippen LogP contribution in [-0.2, 0) is 16.0 Å². The first kappa shape index (κ1) is 15.0. The van der Waals surface area contributed by atoms with Crippen molar-refractivity contribution in [1.29, 1.82) is 0 Å². The molecule has 0 saturated carbocycles. The van der Waals surface area contributed by atoms with Gasteiger partial charge in [0.1, 0.15) is 11.1 Å². The van der Waals surface area contributed by atoms with Gasteiger partial charge in [-0.05, 0) is 44.1 Å². The largest absolute Gasteiger partial charge is 0.441 e. The Hall–Kier alpha value is -1.92. The maximum absolute atomic E-state index is 12.6. The molecule has 118 valence electrons. The molecule has 1 saturated heterocycles. The molecule has 3 rings (SSSR count). The van der Waals surface area contributed by atoms with Crippen LogP contribution < -0.4 is 10.6 Å². The van der Waals surface area contributed by atoms with Crippen molar-refractivity contribution in [2.75, 3.05) is 25.5 Å². The van der Waals surface area contributed by atoms with E-state index in [1.807, 2.05) is 25.1 Å². The van der Waals surface area contributed by atoms with Gasteiger partial charge in [-0.25, -0.2) is 4.98 Å². The molecule has 6 nitrogen and oxygen atoms in total. The van der Waals surface area contributed by atoms with Gasteiger partial charge in [-0.3, -0.25) is 4.79 Å². The highest BCUT2D eigenvalue weighted by atomic mass is 16.5. The lowest BCUT2D eigenvalue weighted by atomic mass is 9.91. The third kappa shape index (κ3) is 2.71. The van der Waals surface area contributed by atoms with Crippen LogP contribution in [0.2, 0.25) is 0 Å². The third-order valence-corrected chi connectivity index (χ3v) is 4.21. The molecule has 0 radical (unpaired) electrons. The van der Waals surface area contributed by atoms with Crippen molar-refractivity contribution in [3.05, 3.63) is 24.1 Å². The van der Waals surface area contributed by atoms with Gasteiger partial charge in [0.15, 0.2) is 11.5 Å². The zero-order valence-corrected chi connectivity index (χ0v) is 12.9. The summed E-state index contributed by atoms with van der Waals surface area (Å²) in [4.78, 5) is 17.0. The minimum absolute atomic E-state index is 0.102. The molecule has 0 bridgehead atoms. The van der Waals surface area contributed by atoms with Crippen LogP contribution >= 0.6 is 0 Å². The Bertz CT molecular complexity index is 674. The summed E-state index contributed by atoms with van der Waals surface area (Å²) in [6, 6.07) is 5.49. The number of nitrogens with zero attached hydrogens (tertiary/aromatic N) is 1. The number of hydrogen-bond acceptors (Lipinski definition) is 5. The number of nitrogens with one attached hydrogen (secondary N) is 2. The maximum atomic E-state index is 12.6. The predicted octanol–water partition coefficient (Wildman–Crippen LogP) is 2.10. The first-order chi connectivity index (χ1) is 10.7. The number of piperidine rings is 1. The van der Waals surface area contributed by atoms with Gasteiger partial charge in [0, 0.05) is 19.2 Å². The number of aromatic nitrogens is 1. The first-order valence-electron chi connectivity index (χ1n) is 7.63. The number of oxazole rings is 1. The van der Waals surface area contributed by atoms with E-state index in [0.717, 1.165) is 30.6 Å². The zero-order valence-electron chi connectivity index (χ0n) is 12.9. The van der Waals surface area contributed by atoms with Gasteiger partial charge >= 0.3 is 0 Å². The molecule has 1 aromatic heterocycles. The van der Waals surface area contributed by atoms with Crippen LogP contribution in [-0.4, -0.2) is 36.7 Å². The normalized spacial score (nSPS) is 17.5. The molecular formula is C16H21N3O3. The van der Waals surface area contributed by atoms with Gasteiger partial charge in [0.05, 0.1) is 0 Å². The fourth-order valence-corrected chi connectivity index (χ4v) is 2.80. The second kappa shape index (κ2) is 6.06. The molecule has 22 heavy (non-hydrogen) atoms. The van der Waals surface area contributed by atoms with Crippen LogP contribution in [0.4, 0.5) is 5.69 Å². The molecule has 0 spiro atoms. The van der Waals surface area contributed by atoms with E-state index in [2.05, 4.69) is 15.6 Å². The lowest BCUT2D eigenvalue weighted by Gasteiger charge is -2.34. The topological polar surface area (TPSA) is 76.4 Å².